The van der Waals surface area contributed by atoms with E-state index in [1.165, 1.54) is 17.5 Å². The van der Waals surface area contributed by atoms with Gasteiger partial charge in [0.15, 0.2) is 0 Å². The van der Waals surface area contributed by atoms with Gasteiger partial charge in [0.2, 0.25) is 0 Å². The van der Waals surface area contributed by atoms with Gasteiger partial charge in [-0.1, -0.05) is 17.7 Å². The number of ether oxygens (including phenoxy) is 1. The summed E-state index contributed by atoms with van der Waals surface area (Å²) in [4.78, 5) is 0. The first-order valence-corrected chi connectivity index (χ1v) is 5.67. The van der Waals surface area contributed by atoms with Gasteiger partial charge in [-0.05, 0) is 42.1 Å². The lowest BCUT2D eigenvalue weighted by Crippen LogP contribution is -2.09. The summed E-state index contributed by atoms with van der Waals surface area (Å²) in [6.07, 6.45) is 1.19. The van der Waals surface area contributed by atoms with Crippen molar-refractivity contribution in [3.8, 4) is 0 Å². The fourth-order valence-corrected chi connectivity index (χ4v) is 2.33. The van der Waals surface area contributed by atoms with Gasteiger partial charge in [-0.2, -0.15) is 0 Å². The second-order valence-corrected chi connectivity index (χ2v) is 4.40. The van der Waals surface area contributed by atoms with E-state index in [1.54, 1.807) is 7.11 Å². The molecule has 3 heteroatoms. The summed E-state index contributed by atoms with van der Waals surface area (Å²) >= 11 is 6.03. The van der Waals surface area contributed by atoms with Crippen LogP contribution in [0.15, 0.2) is 18.2 Å². The number of benzene rings is 1. The Morgan fingerprint density at radius 1 is 1.53 bits per heavy atom. The third-order valence-corrected chi connectivity index (χ3v) is 3.14. The normalized spacial score (nSPS) is 20.8. The summed E-state index contributed by atoms with van der Waals surface area (Å²) < 4.78 is 5.20. The van der Waals surface area contributed by atoms with Gasteiger partial charge in [-0.15, -0.1) is 0 Å². The van der Waals surface area contributed by atoms with E-state index in [-0.39, 0.29) is 0 Å². The van der Waals surface area contributed by atoms with Crippen LogP contribution in [0.1, 0.15) is 23.5 Å². The standard InChI is InChI=1S/C12H16ClNO/c1-15-8-10-2-3-11(13)6-12(10)9-4-5-14-7-9/h2-3,6,9,14H,4-5,7-8H2,1H3. The van der Waals surface area contributed by atoms with Gasteiger partial charge < -0.3 is 10.1 Å². The molecular weight excluding hydrogens is 210 g/mol. The monoisotopic (exact) mass is 225 g/mol. The van der Waals surface area contributed by atoms with Crippen LogP contribution in [0.4, 0.5) is 0 Å². The third kappa shape index (κ3) is 2.51. The van der Waals surface area contributed by atoms with Gasteiger partial charge in [0.1, 0.15) is 0 Å². The summed E-state index contributed by atoms with van der Waals surface area (Å²) in [5.74, 6) is 0.592. The topological polar surface area (TPSA) is 21.3 Å². The predicted octanol–water partition coefficient (Wildman–Crippen LogP) is 2.56. The number of nitrogens with one attached hydrogen (secondary N) is 1. The maximum Gasteiger partial charge on any atom is 0.0715 e. The van der Waals surface area contributed by atoms with Gasteiger partial charge in [0.25, 0.3) is 0 Å². The van der Waals surface area contributed by atoms with E-state index >= 15 is 0 Å². The minimum absolute atomic E-state index is 0.592. The number of hydrogen-bond donors (Lipinski definition) is 1. The molecule has 1 aliphatic rings. The Bertz CT molecular complexity index is 334. The van der Waals surface area contributed by atoms with E-state index in [2.05, 4.69) is 17.4 Å². The van der Waals surface area contributed by atoms with Crippen molar-refractivity contribution in [1.82, 2.24) is 5.32 Å². The van der Waals surface area contributed by atoms with E-state index in [0.29, 0.717) is 12.5 Å². The minimum atomic E-state index is 0.592. The Morgan fingerprint density at radius 3 is 3.07 bits per heavy atom. The quantitative estimate of drug-likeness (QED) is 0.854. The van der Waals surface area contributed by atoms with Crippen LogP contribution in [-0.4, -0.2) is 20.2 Å². The molecular formula is C12H16ClNO. The van der Waals surface area contributed by atoms with Crippen molar-refractivity contribution >= 4 is 11.6 Å². The fraction of sp³-hybridized carbons (Fsp3) is 0.500. The second-order valence-electron chi connectivity index (χ2n) is 3.97. The van der Waals surface area contributed by atoms with E-state index in [0.717, 1.165) is 18.1 Å². The van der Waals surface area contributed by atoms with Crippen molar-refractivity contribution in [2.24, 2.45) is 0 Å². The molecule has 0 aliphatic carbocycles. The molecule has 15 heavy (non-hydrogen) atoms. The molecule has 2 rings (SSSR count). The third-order valence-electron chi connectivity index (χ3n) is 2.91. The Labute approximate surface area is 95.6 Å². The van der Waals surface area contributed by atoms with Crippen molar-refractivity contribution in [2.45, 2.75) is 18.9 Å². The van der Waals surface area contributed by atoms with Gasteiger partial charge in [-0.25, -0.2) is 0 Å². The van der Waals surface area contributed by atoms with Crippen molar-refractivity contribution in [2.75, 3.05) is 20.2 Å². The highest BCUT2D eigenvalue weighted by Gasteiger charge is 2.19. The molecule has 1 saturated heterocycles. The van der Waals surface area contributed by atoms with Crippen molar-refractivity contribution < 1.29 is 4.74 Å². The summed E-state index contributed by atoms with van der Waals surface area (Å²) in [5, 5.41) is 4.19. The molecule has 0 radical (unpaired) electrons. The molecule has 82 valence electrons. The Hall–Kier alpha value is -0.570. The van der Waals surface area contributed by atoms with Crippen molar-refractivity contribution in [3.63, 3.8) is 0 Å². The van der Waals surface area contributed by atoms with Gasteiger partial charge in [0.05, 0.1) is 6.61 Å². The van der Waals surface area contributed by atoms with Gasteiger partial charge in [0, 0.05) is 18.7 Å². The molecule has 1 aromatic rings. The molecule has 0 bridgehead atoms. The number of halogens is 1. The second kappa shape index (κ2) is 4.97. The Morgan fingerprint density at radius 2 is 2.40 bits per heavy atom. The maximum atomic E-state index is 6.03. The molecule has 1 fully saturated rings. The zero-order chi connectivity index (χ0) is 10.7. The molecule has 0 spiro atoms. The summed E-state index contributed by atoms with van der Waals surface area (Å²) in [5.41, 5.74) is 2.60. The summed E-state index contributed by atoms with van der Waals surface area (Å²) in [6.45, 7) is 2.82. The molecule has 1 unspecified atom stereocenters. The minimum Gasteiger partial charge on any atom is -0.380 e. The largest absolute Gasteiger partial charge is 0.380 e. The van der Waals surface area contributed by atoms with Crippen LogP contribution >= 0.6 is 11.6 Å². The van der Waals surface area contributed by atoms with E-state index in [9.17, 15) is 0 Å². The van der Waals surface area contributed by atoms with E-state index in [1.807, 2.05) is 6.07 Å². The lowest BCUT2D eigenvalue weighted by molar-refractivity contribution is 0.184. The average Bonchev–Trinajstić information content (AvgIpc) is 2.74. The first-order chi connectivity index (χ1) is 7.31. The fourth-order valence-electron chi connectivity index (χ4n) is 2.15. The molecule has 0 aromatic heterocycles. The summed E-state index contributed by atoms with van der Waals surface area (Å²) in [6, 6.07) is 6.08. The Balaban J connectivity index is 2.28. The zero-order valence-electron chi connectivity index (χ0n) is 8.92. The number of methoxy groups -OCH3 is 1. The van der Waals surface area contributed by atoms with Crippen LogP contribution in [0.2, 0.25) is 5.02 Å². The lowest BCUT2D eigenvalue weighted by Gasteiger charge is -2.14. The van der Waals surface area contributed by atoms with Crippen LogP contribution in [-0.2, 0) is 11.3 Å². The van der Waals surface area contributed by atoms with Gasteiger partial charge in [-0.3, -0.25) is 0 Å². The smallest absolute Gasteiger partial charge is 0.0715 e. The van der Waals surface area contributed by atoms with Crippen LogP contribution in [0, 0.1) is 0 Å². The first-order valence-electron chi connectivity index (χ1n) is 5.29. The molecule has 1 heterocycles. The van der Waals surface area contributed by atoms with Crippen molar-refractivity contribution in [3.05, 3.63) is 34.3 Å². The highest BCUT2D eigenvalue weighted by molar-refractivity contribution is 6.30. The number of hydrogen-bond acceptors (Lipinski definition) is 2. The average molecular weight is 226 g/mol. The molecule has 2 nitrogen and oxygen atoms in total. The van der Waals surface area contributed by atoms with E-state index in [4.69, 9.17) is 16.3 Å². The lowest BCUT2D eigenvalue weighted by atomic mass is 9.94. The first kappa shape index (κ1) is 10.9. The Kier molecular flexibility index (Phi) is 3.62. The highest BCUT2D eigenvalue weighted by Crippen LogP contribution is 2.28. The van der Waals surface area contributed by atoms with Crippen LogP contribution < -0.4 is 5.32 Å². The number of rotatable bonds is 3. The molecule has 0 saturated carbocycles. The zero-order valence-corrected chi connectivity index (χ0v) is 9.68. The van der Waals surface area contributed by atoms with Gasteiger partial charge >= 0.3 is 0 Å². The molecule has 1 N–H and O–H groups in total. The SMILES string of the molecule is COCc1ccc(Cl)cc1C1CCNC1. The van der Waals surface area contributed by atoms with Crippen LogP contribution in [0.3, 0.4) is 0 Å². The molecule has 1 atom stereocenters. The molecule has 0 amide bonds. The van der Waals surface area contributed by atoms with Crippen molar-refractivity contribution in [1.29, 1.82) is 0 Å². The van der Waals surface area contributed by atoms with Crippen LogP contribution in [0.25, 0.3) is 0 Å². The van der Waals surface area contributed by atoms with Crippen LogP contribution in [0.5, 0.6) is 0 Å². The highest BCUT2D eigenvalue weighted by atomic mass is 35.5. The summed E-state index contributed by atoms with van der Waals surface area (Å²) in [7, 11) is 1.73. The van der Waals surface area contributed by atoms with E-state index < -0.39 is 0 Å². The molecule has 1 aliphatic heterocycles. The molecule has 1 aromatic carbocycles. The maximum absolute atomic E-state index is 6.03. The predicted molar refractivity (Wildman–Crippen MR) is 62.4 cm³/mol.